The van der Waals surface area contributed by atoms with Crippen LogP contribution < -0.4 is 15.2 Å². The summed E-state index contributed by atoms with van der Waals surface area (Å²) >= 11 is 0. The minimum absolute atomic E-state index is 0.548. The molecule has 0 aliphatic heterocycles. The molecule has 2 N–H and O–H groups in total. The van der Waals surface area contributed by atoms with Crippen molar-refractivity contribution in [3.8, 4) is 23.3 Å². The van der Waals surface area contributed by atoms with Crippen LogP contribution in [0.5, 0.6) is 17.2 Å². The molecule has 0 radical (unpaired) electrons. The van der Waals surface area contributed by atoms with Gasteiger partial charge in [0.2, 0.25) is 0 Å². The fraction of sp³-hybridized carbons (Fsp3) is 0.133. The van der Waals surface area contributed by atoms with Gasteiger partial charge in [-0.1, -0.05) is 6.07 Å². The van der Waals surface area contributed by atoms with Crippen molar-refractivity contribution in [2.45, 2.75) is 6.92 Å². The van der Waals surface area contributed by atoms with E-state index in [1.807, 2.05) is 6.92 Å². The molecule has 2 aromatic carbocycles. The van der Waals surface area contributed by atoms with Crippen molar-refractivity contribution in [3.05, 3.63) is 48.0 Å². The van der Waals surface area contributed by atoms with Gasteiger partial charge < -0.3 is 15.2 Å². The van der Waals surface area contributed by atoms with E-state index in [-0.39, 0.29) is 0 Å². The first-order valence-electron chi connectivity index (χ1n) is 5.92. The Bertz CT molecular complexity index is 618. The number of nitrogen functional groups attached to an aromatic ring is 1. The van der Waals surface area contributed by atoms with Gasteiger partial charge in [0.15, 0.2) is 0 Å². The summed E-state index contributed by atoms with van der Waals surface area (Å²) in [6, 6.07) is 14.2. The fourth-order valence-electron chi connectivity index (χ4n) is 1.67. The Kier molecular flexibility index (Phi) is 3.89. The van der Waals surface area contributed by atoms with Gasteiger partial charge >= 0.3 is 0 Å². The molecule has 0 aromatic heterocycles. The number of nitrogens with two attached hydrogens (primary N) is 1. The molecule has 0 aliphatic rings. The van der Waals surface area contributed by atoms with Gasteiger partial charge in [-0.2, -0.15) is 5.26 Å². The maximum absolute atomic E-state index is 8.84. The first-order valence-corrected chi connectivity index (χ1v) is 5.92. The molecule has 4 nitrogen and oxygen atoms in total. The third-order valence-corrected chi connectivity index (χ3v) is 2.41. The Morgan fingerprint density at radius 1 is 1.11 bits per heavy atom. The van der Waals surface area contributed by atoms with Gasteiger partial charge in [0.05, 0.1) is 18.2 Å². The molecule has 0 saturated heterocycles. The molecule has 0 spiro atoms. The van der Waals surface area contributed by atoms with Gasteiger partial charge in [-0.3, -0.25) is 0 Å². The second kappa shape index (κ2) is 5.78. The molecule has 0 fully saturated rings. The maximum atomic E-state index is 8.84. The number of nitrogens with zero attached hydrogens (tertiary/aromatic N) is 1. The number of hydrogen-bond donors (Lipinski definition) is 1. The number of ether oxygens (including phenoxy) is 2. The molecule has 0 bridgehead atoms. The smallest absolute Gasteiger partial charge is 0.133 e. The SMILES string of the molecule is CCOc1cc(N)cc(Oc2cccc(C#N)c2)c1. The van der Waals surface area contributed by atoms with E-state index >= 15 is 0 Å². The third-order valence-electron chi connectivity index (χ3n) is 2.41. The van der Waals surface area contributed by atoms with E-state index in [2.05, 4.69) is 6.07 Å². The monoisotopic (exact) mass is 254 g/mol. The van der Waals surface area contributed by atoms with Crippen molar-refractivity contribution in [1.29, 1.82) is 5.26 Å². The lowest BCUT2D eigenvalue weighted by Crippen LogP contribution is -1.95. The zero-order valence-electron chi connectivity index (χ0n) is 10.6. The van der Waals surface area contributed by atoms with Crippen molar-refractivity contribution in [2.75, 3.05) is 12.3 Å². The average molecular weight is 254 g/mol. The van der Waals surface area contributed by atoms with Gasteiger partial charge in [-0.05, 0) is 25.1 Å². The van der Waals surface area contributed by atoms with E-state index in [1.165, 1.54) is 0 Å². The van der Waals surface area contributed by atoms with Crippen molar-refractivity contribution < 1.29 is 9.47 Å². The fourth-order valence-corrected chi connectivity index (χ4v) is 1.67. The normalized spacial score (nSPS) is 9.68. The highest BCUT2D eigenvalue weighted by Crippen LogP contribution is 2.28. The number of benzene rings is 2. The summed E-state index contributed by atoms with van der Waals surface area (Å²) in [7, 11) is 0. The largest absolute Gasteiger partial charge is 0.494 e. The highest BCUT2D eigenvalue weighted by atomic mass is 16.5. The lowest BCUT2D eigenvalue weighted by Gasteiger charge is -2.09. The van der Waals surface area contributed by atoms with Crippen molar-refractivity contribution in [1.82, 2.24) is 0 Å². The van der Waals surface area contributed by atoms with Crippen LogP contribution in [0.25, 0.3) is 0 Å². The van der Waals surface area contributed by atoms with Crippen LogP contribution in [0.2, 0.25) is 0 Å². The lowest BCUT2D eigenvalue weighted by molar-refractivity contribution is 0.338. The number of nitriles is 1. The van der Waals surface area contributed by atoms with Crippen LogP contribution in [0.3, 0.4) is 0 Å². The first-order chi connectivity index (χ1) is 9.21. The average Bonchev–Trinajstić information content (AvgIpc) is 2.38. The minimum atomic E-state index is 0.548. The van der Waals surface area contributed by atoms with E-state index < -0.39 is 0 Å². The van der Waals surface area contributed by atoms with E-state index in [0.717, 1.165) is 0 Å². The molecule has 0 unspecified atom stereocenters. The molecule has 0 aliphatic carbocycles. The summed E-state index contributed by atoms with van der Waals surface area (Å²) < 4.78 is 11.1. The standard InChI is InChI=1S/C15H14N2O2/c1-2-18-14-7-12(17)8-15(9-14)19-13-5-3-4-11(6-13)10-16/h3-9H,2,17H2,1H3. The van der Waals surface area contributed by atoms with Crippen molar-refractivity contribution >= 4 is 5.69 Å². The second-order valence-electron chi connectivity index (χ2n) is 3.91. The first kappa shape index (κ1) is 12.8. The van der Waals surface area contributed by atoms with Crippen LogP contribution in [0.1, 0.15) is 12.5 Å². The molecule has 2 rings (SSSR count). The van der Waals surface area contributed by atoms with Gasteiger partial charge in [0.1, 0.15) is 17.2 Å². The van der Waals surface area contributed by atoms with Crippen LogP contribution in [-0.4, -0.2) is 6.61 Å². The zero-order chi connectivity index (χ0) is 13.7. The van der Waals surface area contributed by atoms with E-state index in [1.54, 1.807) is 42.5 Å². The van der Waals surface area contributed by atoms with Crippen LogP contribution in [-0.2, 0) is 0 Å². The summed E-state index contributed by atoms with van der Waals surface area (Å²) in [5, 5.41) is 8.84. The number of anilines is 1. The predicted molar refractivity (Wildman–Crippen MR) is 73.3 cm³/mol. The molecule has 4 heteroatoms. The van der Waals surface area contributed by atoms with Gasteiger partial charge in [-0.25, -0.2) is 0 Å². The molecule has 0 saturated carbocycles. The van der Waals surface area contributed by atoms with Crippen molar-refractivity contribution in [2.24, 2.45) is 0 Å². The Hall–Kier alpha value is -2.67. The minimum Gasteiger partial charge on any atom is -0.494 e. The van der Waals surface area contributed by atoms with E-state index in [0.29, 0.717) is 35.1 Å². The van der Waals surface area contributed by atoms with E-state index in [9.17, 15) is 0 Å². The number of hydrogen-bond acceptors (Lipinski definition) is 4. The van der Waals surface area contributed by atoms with Crippen molar-refractivity contribution in [3.63, 3.8) is 0 Å². The molecule has 2 aromatic rings. The van der Waals surface area contributed by atoms with Gasteiger partial charge in [0.25, 0.3) is 0 Å². The molecular weight excluding hydrogens is 240 g/mol. The molecule has 0 amide bonds. The van der Waals surface area contributed by atoms with Crippen LogP contribution in [0, 0.1) is 11.3 Å². The Morgan fingerprint density at radius 3 is 2.63 bits per heavy atom. The third kappa shape index (κ3) is 3.39. The van der Waals surface area contributed by atoms with E-state index in [4.69, 9.17) is 20.5 Å². The molecule has 19 heavy (non-hydrogen) atoms. The molecule has 0 heterocycles. The van der Waals surface area contributed by atoms with Crippen LogP contribution >= 0.6 is 0 Å². The summed E-state index contributed by atoms with van der Waals surface area (Å²) in [4.78, 5) is 0. The Morgan fingerprint density at radius 2 is 1.89 bits per heavy atom. The Labute approximate surface area is 112 Å². The van der Waals surface area contributed by atoms with Gasteiger partial charge in [-0.15, -0.1) is 0 Å². The Balaban J connectivity index is 2.25. The van der Waals surface area contributed by atoms with Gasteiger partial charge in [0, 0.05) is 23.9 Å². The molecular formula is C15H14N2O2. The summed E-state index contributed by atoms with van der Waals surface area (Å²) in [5.74, 6) is 1.83. The molecule has 0 atom stereocenters. The highest BCUT2D eigenvalue weighted by Gasteiger charge is 2.03. The lowest BCUT2D eigenvalue weighted by atomic mass is 10.2. The zero-order valence-corrected chi connectivity index (χ0v) is 10.6. The predicted octanol–water partition coefficient (Wildman–Crippen LogP) is 3.33. The summed E-state index contributed by atoms with van der Waals surface area (Å²) in [6.45, 7) is 2.47. The maximum Gasteiger partial charge on any atom is 0.133 e. The second-order valence-corrected chi connectivity index (χ2v) is 3.91. The quantitative estimate of drug-likeness (QED) is 0.850. The molecule has 96 valence electrons. The summed E-state index contributed by atoms with van der Waals surface area (Å²) in [6.07, 6.45) is 0. The van der Waals surface area contributed by atoms with Crippen LogP contribution in [0.15, 0.2) is 42.5 Å². The topological polar surface area (TPSA) is 68.3 Å². The summed E-state index contributed by atoms with van der Waals surface area (Å²) in [5.41, 5.74) is 6.90. The van der Waals surface area contributed by atoms with Crippen LogP contribution in [0.4, 0.5) is 5.69 Å². The highest BCUT2D eigenvalue weighted by molar-refractivity contribution is 5.51. The number of rotatable bonds is 4.